The minimum Gasteiger partial charge on any atom is -0.480 e. The van der Waals surface area contributed by atoms with Crippen LogP contribution in [0, 0.1) is 0 Å². The van der Waals surface area contributed by atoms with E-state index in [4.69, 9.17) is 5.11 Å². The van der Waals surface area contributed by atoms with E-state index in [1.54, 1.807) is 0 Å². The molecule has 0 bridgehead atoms. The third-order valence-corrected chi connectivity index (χ3v) is 1.67. The van der Waals surface area contributed by atoms with Crippen LogP contribution in [0.25, 0.3) is 0 Å². The van der Waals surface area contributed by atoms with Crippen molar-refractivity contribution < 1.29 is 14.7 Å². The fourth-order valence-electron chi connectivity index (χ4n) is 0.822. The van der Waals surface area contributed by atoms with Crippen molar-refractivity contribution in [1.29, 1.82) is 0 Å². The van der Waals surface area contributed by atoms with Gasteiger partial charge < -0.3 is 15.3 Å². The number of hydrogen-bond acceptors (Lipinski definition) is 2. The van der Waals surface area contributed by atoms with Gasteiger partial charge in [-0.15, -0.1) is 6.58 Å². The van der Waals surface area contributed by atoms with Crippen LogP contribution in [-0.4, -0.2) is 41.6 Å². The van der Waals surface area contributed by atoms with Gasteiger partial charge in [0.15, 0.2) is 0 Å². The normalized spacial score (nSPS) is 9.13. The van der Waals surface area contributed by atoms with Crippen LogP contribution in [0.2, 0.25) is 0 Å². The molecule has 0 heterocycles. The Bertz CT molecular complexity index is 279. The molecule has 0 aromatic heterocycles. The number of urea groups is 1. The Morgan fingerprint density at radius 3 is 2.53 bits per heavy atom. The number of aliphatic carboxylic acids is 1. The molecule has 0 radical (unpaired) electrons. The zero-order valence-electron chi connectivity index (χ0n) is 8.20. The van der Waals surface area contributed by atoms with Gasteiger partial charge in [-0.1, -0.05) is 28.6 Å². The molecule has 0 aliphatic rings. The second-order valence-corrected chi connectivity index (χ2v) is 3.86. The number of hydrogen-bond donors (Lipinski definition) is 2. The van der Waals surface area contributed by atoms with E-state index in [0.717, 1.165) is 4.90 Å². The first-order chi connectivity index (χ1) is 6.97. The topological polar surface area (TPSA) is 69.6 Å². The first-order valence-corrected chi connectivity index (χ1v) is 4.95. The van der Waals surface area contributed by atoms with Gasteiger partial charge in [0.05, 0.1) is 6.54 Å². The smallest absolute Gasteiger partial charge is 0.323 e. The van der Waals surface area contributed by atoms with Crippen molar-refractivity contribution in [2.24, 2.45) is 0 Å². The molecule has 0 aliphatic carbocycles. The average Bonchev–Trinajstić information content (AvgIpc) is 2.12. The second kappa shape index (κ2) is 7.05. The summed E-state index contributed by atoms with van der Waals surface area (Å²) in [4.78, 5) is 23.0. The zero-order chi connectivity index (χ0) is 11.8. The third kappa shape index (κ3) is 6.73. The highest BCUT2D eigenvalue weighted by Crippen LogP contribution is 1.98. The predicted octanol–water partition coefficient (Wildman–Crippen LogP) is 1.18. The first-order valence-electron chi connectivity index (χ1n) is 4.16. The molecular formula is C9H13BrN2O3. The summed E-state index contributed by atoms with van der Waals surface area (Å²) in [5.41, 5.74) is 0. The van der Waals surface area contributed by atoms with Gasteiger partial charge in [0.25, 0.3) is 0 Å². The zero-order valence-corrected chi connectivity index (χ0v) is 9.79. The summed E-state index contributed by atoms with van der Waals surface area (Å²) in [7, 11) is 0. The molecule has 0 atom stereocenters. The summed E-state index contributed by atoms with van der Waals surface area (Å²) in [6.07, 6.45) is 1.46. The molecule has 0 saturated carbocycles. The van der Waals surface area contributed by atoms with Gasteiger partial charge >= 0.3 is 12.0 Å². The van der Waals surface area contributed by atoms with Gasteiger partial charge in [-0.25, -0.2) is 4.79 Å². The second-order valence-electron chi connectivity index (χ2n) is 2.74. The molecule has 0 spiro atoms. The van der Waals surface area contributed by atoms with Crippen LogP contribution < -0.4 is 5.32 Å². The summed E-state index contributed by atoms with van der Waals surface area (Å²) >= 11 is 3.08. The molecule has 2 amide bonds. The lowest BCUT2D eigenvalue weighted by Gasteiger charge is -2.19. The van der Waals surface area contributed by atoms with Gasteiger partial charge in [0.1, 0.15) is 6.54 Å². The van der Waals surface area contributed by atoms with Crippen molar-refractivity contribution in [2.75, 3.05) is 19.6 Å². The van der Waals surface area contributed by atoms with Crippen molar-refractivity contribution in [1.82, 2.24) is 10.2 Å². The highest BCUT2D eigenvalue weighted by Gasteiger charge is 2.14. The van der Waals surface area contributed by atoms with E-state index in [-0.39, 0.29) is 19.6 Å². The number of carbonyl (C=O) groups excluding carboxylic acids is 1. The van der Waals surface area contributed by atoms with Gasteiger partial charge in [0.2, 0.25) is 0 Å². The Balaban J connectivity index is 4.21. The van der Waals surface area contributed by atoms with Crippen molar-refractivity contribution in [3.63, 3.8) is 0 Å². The monoisotopic (exact) mass is 276 g/mol. The number of nitrogens with zero attached hydrogens (tertiary/aromatic N) is 1. The van der Waals surface area contributed by atoms with Crippen LogP contribution in [0.3, 0.4) is 0 Å². The molecule has 2 N–H and O–H groups in total. The summed E-state index contributed by atoms with van der Waals surface area (Å²) in [6, 6.07) is -0.460. The lowest BCUT2D eigenvalue weighted by molar-refractivity contribution is -0.137. The van der Waals surface area contributed by atoms with E-state index in [1.165, 1.54) is 6.08 Å². The largest absolute Gasteiger partial charge is 0.480 e. The highest BCUT2D eigenvalue weighted by atomic mass is 79.9. The number of rotatable bonds is 6. The maximum Gasteiger partial charge on any atom is 0.323 e. The maximum absolute atomic E-state index is 11.4. The SMILES string of the molecule is C=CCN(CC(=O)O)C(=O)NCC(=C)Br. The van der Waals surface area contributed by atoms with Gasteiger partial charge in [-0.05, 0) is 0 Å². The Hall–Kier alpha value is -1.30. The molecule has 0 aromatic rings. The van der Waals surface area contributed by atoms with Crippen molar-refractivity contribution in [3.05, 3.63) is 23.7 Å². The molecule has 5 nitrogen and oxygen atoms in total. The predicted molar refractivity (Wildman–Crippen MR) is 60.9 cm³/mol. The Morgan fingerprint density at radius 2 is 2.13 bits per heavy atom. The number of amides is 2. The summed E-state index contributed by atoms with van der Waals surface area (Å²) in [6.45, 7) is 7.07. The number of nitrogens with one attached hydrogen (secondary N) is 1. The molecule has 0 saturated heterocycles. The lowest BCUT2D eigenvalue weighted by atomic mass is 10.4. The molecule has 6 heteroatoms. The summed E-state index contributed by atoms with van der Waals surface area (Å²) in [5.74, 6) is -1.07. The Kier molecular flexibility index (Phi) is 6.44. The minimum atomic E-state index is -1.07. The van der Waals surface area contributed by atoms with Crippen molar-refractivity contribution >= 4 is 27.9 Å². The van der Waals surface area contributed by atoms with Gasteiger partial charge in [-0.3, -0.25) is 4.79 Å². The summed E-state index contributed by atoms with van der Waals surface area (Å²) in [5, 5.41) is 11.1. The quantitative estimate of drug-likeness (QED) is 0.716. The fourth-order valence-corrected chi connectivity index (χ4v) is 0.962. The highest BCUT2D eigenvalue weighted by molar-refractivity contribution is 9.11. The number of halogens is 1. The Morgan fingerprint density at radius 1 is 1.53 bits per heavy atom. The van der Waals surface area contributed by atoms with Crippen LogP contribution in [0.15, 0.2) is 23.7 Å². The van der Waals surface area contributed by atoms with E-state index in [0.29, 0.717) is 4.48 Å². The van der Waals surface area contributed by atoms with E-state index >= 15 is 0 Å². The minimum absolute atomic E-state index is 0.187. The first kappa shape index (κ1) is 13.7. The number of carbonyl (C=O) groups is 2. The number of carboxylic acid groups (broad SMARTS) is 1. The van der Waals surface area contributed by atoms with Crippen LogP contribution in [0.5, 0.6) is 0 Å². The van der Waals surface area contributed by atoms with Crippen LogP contribution in [0.1, 0.15) is 0 Å². The molecule has 0 rings (SSSR count). The fraction of sp³-hybridized carbons (Fsp3) is 0.333. The van der Waals surface area contributed by atoms with Crippen LogP contribution >= 0.6 is 15.9 Å². The Labute approximate surface area is 96.6 Å². The summed E-state index contributed by atoms with van der Waals surface area (Å²) < 4.78 is 0.615. The lowest BCUT2D eigenvalue weighted by Crippen LogP contribution is -2.43. The van der Waals surface area contributed by atoms with Crippen molar-refractivity contribution in [3.8, 4) is 0 Å². The molecular weight excluding hydrogens is 264 g/mol. The van der Waals surface area contributed by atoms with E-state index in [2.05, 4.69) is 34.4 Å². The molecule has 0 unspecified atom stereocenters. The van der Waals surface area contributed by atoms with Gasteiger partial charge in [-0.2, -0.15) is 0 Å². The maximum atomic E-state index is 11.4. The average molecular weight is 277 g/mol. The number of carboxylic acids is 1. The van der Waals surface area contributed by atoms with Crippen LogP contribution in [0.4, 0.5) is 4.79 Å². The molecule has 0 aliphatic heterocycles. The van der Waals surface area contributed by atoms with Crippen molar-refractivity contribution in [2.45, 2.75) is 0 Å². The third-order valence-electron chi connectivity index (χ3n) is 1.39. The van der Waals surface area contributed by atoms with E-state index < -0.39 is 12.0 Å². The molecule has 0 fully saturated rings. The van der Waals surface area contributed by atoms with Gasteiger partial charge in [0, 0.05) is 11.0 Å². The van der Waals surface area contributed by atoms with E-state index in [1.807, 2.05) is 0 Å². The van der Waals surface area contributed by atoms with Crippen LogP contribution in [-0.2, 0) is 4.79 Å². The molecule has 15 heavy (non-hydrogen) atoms. The molecule has 84 valence electrons. The standard InChI is InChI=1S/C9H13BrN2O3/c1-3-4-12(6-8(13)14)9(15)11-5-7(2)10/h3H,1-2,4-6H2,(H,11,15)(H,13,14). The van der Waals surface area contributed by atoms with E-state index in [9.17, 15) is 9.59 Å². The molecule has 0 aromatic carbocycles.